The summed E-state index contributed by atoms with van der Waals surface area (Å²) < 4.78 is 32.9. The van der Waals surface area contributed by atoms with Gasteiger partial charge in [0.2, 0.25) is 0 Å². The lowest BCUT2D eigenvalue weighted by atomic mass is 10.0. The van der Waals surface area contributed by atoms with Gasteiger partial charge in [0.25, 0.3) is 0 Å². The Hall–Kier alpha value is -1.84. The van der Waals surface area contributed by atoms with Crippen LogP contribution in [0.25, 0.3) is 0 Å². The number of allylic oxidation sites excluding steroid dienone is 2. The van der Waals surface area contributed by atoms with Gasteiger partial charge in [-0.15, -0.1) is 0 Å². The number of benzene rings is 1. The SMILES string of the molecule is CC1=CCC(F)(Oc2ccc(C)cc2O)C(F)=C1. The van der Waals surface area contributed by atoms with Crippen molar-refractivity contribution in [2.75, 3.05) is 0 Å². The molecular weight excluding hydrogens is 238 g/mol. The van der Waals surface area contributed by atoms with Gasteiger partial charge >= 0.3 is 5.85 Å². The molecule has 1 unspecified atom stereocenters. The summed E-state index contributed by atoms with van der Waals surface area (Å²) in [6.45, 7) is 3.46. The normalized spacial score (nSPS) is 23.3. The van der Waals surface area contributed by atoms with E-state index in [2.05, 4.69) is 0 Å². The van der Waals surface area contributed by atoms with E-state index in [0.29, 0.717) is 5.57 Å². The molecule has 0 saturated carbocycles. The molecule has 1 aromatic carbocycles. The van der Waals surface area contributed by atoms with Crippen LogP contribution in [0.4, 0.5) is 8.78 Å². The van der Waals surface area contributed by atoms with Gasteiger partial charge in [-0.25, -0.2) is 4.39 Å². The van der Waals surface area contributed by atoms with E-state index in [1.54, 1.807) is 26.0 Å². The van der Waals surface area contributed by atoms with Gasteiger partial charge in [-0.05, 0) is 37.6 Å². The quantitative estimate of drug-likeness (QED) is 0.863. The van der Waals surface area contributed by atoms with Gasteiger partial charge in [0.15, 0.2) is 17.3 Å². The number of aromatic hydroxyl groups is 1. The second-order valence-corrected chi connectivity index (χ2v) is 4.45. The Morgan fingerprint density at radius 3 is 2.67 bits per heavy atom. The second-order valence-electron chi connectivity index (χ2n) is 4.45. The zero-order valence-corrected chi connectivity index (χ0v) is 10.2. The highest BCUT2D eigenvalue weighted by molar-refractivity contribution is 5.42. The average Bonchev–Trinajstić information content (AvgIpc) is 2.29. The van der Waals surface area contributed by atoms with Gasteiger partial charge in [-0.3, -0.25) is 0 Å². The number of ether oxygens (including phenoxy) is 1. The number of hydrogen-bond acceptors (Lipinski definition) is 2. The van der Waals surface area contributed by atoms with Crippen LogP contribution in [0, 0.1) is 6.92 Å². The van der Waals surface area contributed by atoms with E-state index in [4.69, 9.17) is 4.74 Å². The molecule has 0 aromatic heterocycles. The van der Waals surface area contributed by atoms with Gasteiger partial charge in [0.1, 0.15) is 0 Å². The Morgan fingerprint density at radius 2 is 2.06 bits per heavy atom. The largest absolute Gasteiger partial charge is 0.504 e. The first-order valence-electron chi connectivity index (χ1n) is 5.63. The van der Waals surface area contributed by atoms with Gasteiger partial charge in [0, 0.05) is 6.42 Å². The van der Waals surface area contributed by atoms with E-state index in [0.717, 1.165) is 11.6 Å². The molecule has 0 spiro atoms. The summed E-state index contributed by atoms with van der Waals surface area (Å²) in [7, 11) is 0. The van der Waals surface area contributed by atoms with E-state index < -0.39 is 11.7 Å². The lowest BCUT2D eigenvalue weighted by molar-refractivity contribution is -0.0450. The first kappa shape index (κ1) is 12.6. The highest BCUT2D eigenvalue weighted by atomic mass is 19.2. The molecule has 1 N–H and O–H groups in total. The van der Waals surface area contributed by atoms with E-state index in [1.165, 1.54) is 12.1 Å². The molecule has 0 fully saturated rings. The third kappa shape index (κ3) is 2.37. The van der Waals surface area contributed by atoms with E-state index >= 15 is 0 Å². The average molecular weight is 252 g/mol. The van der Waals surface area contributed by atoms with Crippen LogP contribution in [0.15, 0.2) is 41.8 Å². The van der Waals surface area contributed by atoms with Crippen molar-refractivity contribution in [1.29, 1.82) is 0 Å². The molecule has 1 aliphatic carbocycles. The molecule has 1 aromatic rings. The first-order chi connectivity index (χ1) is 8.40. The number of hydrogen-bond donors (Lipinski definition) is 1. The maximum atomic E-state index is 14.3. The van der Waals surface area contributed by atoms with Gasteiger partial charge in [0.05, 0.1) is 0 Å². The standard InChI is InChI=1S/C14H14F2O2/c1-9-3-4-12(11(17)7-9)18-14(16)6-5-10(2)8-13(14)15/h3-5,7-8,17H,6H2,1-2H3. The van der Waals surface area contributed by atoms with Crippen molar-refractivity contribution in [3.63, 3.8) is 0 Å². The molecule has 18 heavy (non-hydrogen) atoms. The molecular formula is C14H14F2O2. The predicted octanol–water partition coefficient (Wildman–Crippen LogP) is 3.95. The van der Waals surface area contributed by atoms with Crippen LogP contribution >= 0.6 is 0 Å². The minimum absolute atomic E-state index is 0.0698. The topological polar surface area (TPSA) is 29.5 Å². The number of halogens is 2. The Bertz CT molecular complexity index is 535. The molecule has 96 valence electrons. The number of alkyl halides is 1. The third-order valence-corrected chi connectivity index (χ3v) is 2.78. The maximum absolute atomic E-state index is 14.3. The zero-order chi connectivity index (χ0) is 13.3. The Morgan fingerprint density at radius 1 is 1.33 bits per heavy atom. The zero-order valence-electron chi connectivity index (χ0n) is 10.2. The summed E-state index contributed by atoms with van der Waals surface area (Å²) >= 11 is 0. The summed E-state index contributed by atoms with van der Waals surface area (Å²) in [4.78, 5) is 0. The van der Waals surface area contributed by atoms with E-state index in [1.807, 2.05) is 0 Å². The Labute approximate surface area is 104 Å². The van der Waals surface area contributed by atoms with Crippen LogP contribution in [-0.2, 0) is 0 Å². The van der Waals surface area contributed by atoms with Crippen molar-refractivity contribution >= 4 is 0 Å². The Balaban J connectivity index is 2.26. The van der Waals surface area contributed by atoms with Gasteiger partial charge in [-0.2, -0.15) is 4.39 Å². The van der Waals surface area contributed by atoms with Crippen LogP contribution in [0.5, 0.6) is 11.5 Å². The summed E-state index contributed by atoms with van der Waals surface area (Å²) in [6.07, 6.45) is 2.43. The molecule has 1 atom stereocenters. The van der Waals surface area contributed by atoms with Crippen molar-refractivity contribution in [3.05, 3.63) is 47.3 Å². The lowest BCUT2D eigenvalue weighted by Gasteiger charge is -2.26. The van der Waals surface area contributed by atoms with Crippen molar-refractivity contribution < 1.29 is 18.6 Å². The van der Waals surface area contributed by atoms with Gasteiger partial charge in [-0.1, -0.05) is 17.7 Å². The maximum Gasteiger partial charge on any atom is 0.303 e. The second kappa shape index (κ2) is 4.44. The number of rotatable bonds is 2. The molecule has 0 aliphatic heterocycles. The van der Waals surface area contributed by atoms with E-state index in [9.17, 15) is 13.9 Å². The highest BCUT2D eigenvalue weighted by Crippen LogP contribution is 2.38. The highest BCUT2D eigenvalue weighted by Gasteiger charge is 2.39. The number of phenolic OH excluding ortho intramolecular Hbond substituents is 1. The summed E-state index contributed by atoms with van der Waals surface area (Å²) in [6, 6.07) is 4.51. The molecule has 0 radical (unpaired) electrons. The smallest absolute Gasteiger partial charge is 0.303 e. The van der Waals surface area contributed by atoms with Crippen LogP contribution in [0.3, 0.4) is 0 Å². The molecule has 0 saturated heterocycles. The first-order valence-corrected chi connectivity index (χ1v) is 5.63. The van der Waals surface area contributed by atoms with Crippen LogP contribution in [-0.4, -0.2) is 11.0 Å². The monoisotopic (exact) mass is 252 g/mol. The fraction of sp³-hybridized carbons (Fsp3) is 0.286. The van der Waals surface area contributed by atoms with Crippen molar-refractivity contribution in [2.45, 2.75) is 26.1 Å². The third-order valence-electron chi connectivity index (χ3n) is 2.78. The Kier molecular flexibility index (Phi) is 3.11. The number of phenols is 1. The van der Waals surface area contributed by atoms with E-state index in [-0.39, 0.29) is 17.9 Å². The molecule has 2 rings (SSSR count). The minimum Gasteiger partial charge on any atom is -0.504 e. The molecule has 0 heterocycles. The number of aryl methyl sites for hydroxylation is 1. The fourth-order valence-corrected chi connectivity index (χ4v) is 1.73. The van der Waals surface area contributed by atoms with Crippen LogP contribution < -0.4 is 4.74 Å². The van der Waals surface area contributed by atoms with Crippen molar-refractivity contribution in [1.82, 2.24) is 0 Å². The fourth-order valence-electron chi connectivity index (χ4n) is 1.73. The van der Waals surface area contributed by atoms with Crippen LogP contribution in [0.1, 0.15) is 18.9 Å². The van der Waals surface area contributed by atoms with Crippen molar-refractivity contribution in [3.8, 4) is 11.5 Å². The molecule has 0 bridgehead atoms. The van der Waals surface area contributed by atoms with Crippen molar-refractivity contribution in [2.24, 2.45) is 0 Å². The summed E-state index contributed by atoms with van der Waals surface area (Å²) in [5.41, 5.74) is 1.46. The summed E-state index contributed by atoms with van der Waals surface area (Å²) in [5.74, 6) is -3.79. The molecule has 1 aliphatic rings. The lowest BCUT2D eigenvalue weighted by Crippen LogP contribution is -2.32. The van der Waals surface area contributed by atoms with Crippen LogP contribution in [0.2, 0.25) is 0 Å². The van der Waals surface area contributed by atoms with Gasteiger partial charge < -0.3 is 9.84 Å². The molecule has 2 nitrogen and oxygen atoms in total. The molecule has 4 heteroatoms. The minimum atomic E-state index is -2.54. The summed E-state index contributed by atoms with van der Waals surface area (Å²) in [5, 5.41) is 9.63. The molecule has 0 amide bonds. The predicted molar refractivity (Wildman–Crippen MR) is 64.9 cm³/mol.